The van der Waals surface area contributed by atoms with Crippen molar-refractivity contribution in [2.24, 2.45) is 5.73 Å². The third kappa shape index (κ3) is 6.68. The van der Waals surface area contributed by atoms with E-state index in [2.05, 4.69) is 16.2 Å². The Bertz CT molecular complexity index is 1180. The Morgan fingerprint density at radius 2 is 2.06 bits per heavy atom. The number of benzene rings is 2. The molecule has 0 bridgehead atoms. The minimum absolute atomic E-state index is 0. The zero-order chi connectivity index (χ0) is 24.0. The maximum absolute atomic E-state index is 11.8. The molecule has 2 aromatic carbocycles. The molecule has 11 heteroatoms. The molecule has 1 aromatic heterocycles. The molecule has 0 unspecified atom stereocenters. The molecule has 0 aliphatic carbocycles. The average molecular weight is 507 g/mol. The second-order valence-electron chi connectivity index (χ2n) is 7.45. The summed E-state index contributed by atoms with van der Waals surface area (Å²) in [5, 5.41) is 22.6. The van der Waals surface area contributed by atoms with Crippen molar-refractivity contribution >= 4 is 30.0 Å². The van der Waals surface area contributed by atoms with Gasteiger partial charge in [0.15, 0.2) is 0 Å². The summed E-state index contributed by atoms with van der Waals surface area (Å²) < 4.78 is 16.1. The van der Waals surface area contributed by atoms with Crippen molar-refractivity contribution in [1.82, 2.24) is 10.1 Å². The summed E-state index contributed by atoms with van der Waals surface area (Å²) in [5.74, 6) is 0.371. The van der Waals surface area contributed by atoms with Crippen LogP contribution in [0.3, 0.4) is 0 Å². The Morgan fingerprint density at radius 3 is 2.71 bits per heavy atom. The van der Waals surface area contributed by atoms with Crippen LogP contribution in [0.1, 0.15) is 31.4 Å². The van der Waals surface area contributed by atoms with Gasteiger partial charge in [-0.2, -0.15) is 10.2 Å². The minimum atomic E-state index is -0.880. The van der Waals surface area contributed by atoms with Crippen molar-refractivity contribution in [1.29, 1.82) is 5.26 Å². The van der Waals surface area contributed by atoms with Gasteiger partial charge in [0.1, 0.15) is 24.5 Å². The molecular weight excluding hydrogens is 483 g/mol. The molecule has 1 atom stereocenters. The maximum atomic E-state index is 11.8. The maximum Gasteiger partial charge on any atom is 0.323 e. The zero-order valence-corrected chi connectivity index (χ0v) is 20.1. The molecule has 0 spiro atoms. The lowest BCUT2D eigenvalue weighted by atomic mass is 10.1. The molecule has 0 radical (unpaired) electrons. The average Bonchev–Trinajstić information content (AvgIpc) is 3.27. The number of aliphatic hydroxyl groups excluding tert-OH is 1. The summed E-state index contributed by atoms with van der Waals surface area (Å²) >= 11 is 6.38. The van der Waals surface area contributed by atoms with E-state index in [1.165, 1.54) is 0 Å². The van der Waals surface area contributed by atoms with Crippen LogP contribution in [0, 0.1) is 11.3 Å². The number of aliphatic hydroxyl groups is 1. The van der Waals surface area contributed by atoms with E-state index >= 15 is 0 Å². The van der Waals surface area contributed by atoms with Gasteiger partial charge in [0.25, 0.3) is 5.89 Å². The number of esters is 1. The molecule has 0 amide bonds. The normalized spacial score (nSPS) is 11.4. The topological polar surface area (TPSA) is 144 Å². The second kappa shape index (κ2) is 12.3. The van der Waals surface area contributed by atoms with Gasteiger partial charge in [-0.25, -0.2) is 0 Å². The van der Waals surface area contributed by atoms with Gasteiger partial charge in [0, 0.05) is 17.7 Å². The van der Waals surface area contributed by atoms with Crippen molar-refractivity contribution < 1.29 is 23.9 Å². The standard InChI is InChI=1S/C23H23ClN4O5.ClH/c1-13(2)32-20-6-4-15(10-16(20)11-25)22-27-21(28-33-22)17-5-3-14(9-18(17)24)12-31-23(30)19(26)7-8-29;/h3-6,9-10,13,19,29H,7-8,12,26H2,1-2H3;1H/t19-;/m0./s1. The predicted molar refractivity (Wildman–Crippen MR) is 127 cm³/mol. The fourth-order valence-corrected chi connectivity index (χ4v) is 3.19. The Balaban J connectivity index is 0.00000408. The van der Waals surface area contributed by atoms with Crippen molar-refractivity contribution in [2.75, 3.05) is 6.61 Å². The van der Waals surface area contributed by atoms with E-state index in [1.54, 1.807) is 36.4 Å². The Labute approximate surface area is 207 Å². The Morgan fingerprint density at radius 1 is 1.29 bits per heavy atom. The first-order valence-corrected chi connectivity index (χ1v) is 10.6. The number of hydrogen-bond acceptors (Lipinski definition) is 9. The molecule has 3 N–H and O–H groups in total. The summed E-state index contributed by atoms with van der Waals surface area (Å²) in [7, 11) is 0. The number of ether oxygens (including phenoxy) is 2. The fourth-order valence-electron chi connectivity index (χ4n) is 2.91. The summed E-state index contributed by atoms with van der Waals surface area (Å²) in [5.41, 5.74) is 7.71. The molecule has 0 aliphatic heterocycles. The number of aromatic nitrogens is 2. The number of rotatable bonds is 9. The van der Waals surface area contributed by atoms with E-state index < -0.39 is 12.0 Å². The van der Waals surface area contributed by atoms with Gasteiger partial charge in [0.05, 0.1) is 16.7 Å². The van der Waals surface area contributed by atoms with Gasteiger partial charge in [-0.1, -0.05) is 22.8 Å². The van der Waals surface area contributed by atoms with Crippen molar-refractivity contribution in [3.05, 3.63) is 52.5 Å². The predicted octanol–water partition coefficient (Wildman–Crippen LogP) is 3.89. The highest BCUT2D eigenvalue weighted by Gasteiger charge is 2.17. The number of halogens is 2. The number of nitriles is 1. The van der Waals surface area contributed by atoms with E-state index in [0.717, 1.165) is 0 Å². The molecule has 3 aromatic rings. The van der Waals surface area contributed by atoms with Crippen LogP contribution in [0.15, 0.2) is 40.9 Å². The van der Waals surface area contributed by atoms with Gasteiger partial charge in [-0.15, -0.1) is 12.4 Å². The van der Waals surface area contributed by atoms with Crippen LogP contribution in [0.25, 0.3) is 22.8 Å². The fraction of sp³-hybridized carbons (Fsp3) is 0.304. The van der Waals surface area contributed by atoms with Crippen LogP contribution >= 0.6 is 24.0 Å². The molecule has 0 saturated heterocycles. The van der Waals surface area contributed by atoms with Crippen molar-refractivity contribution in [2.45, 2.75) is 39.0 Å². The second-order valence-corrected chi connectivity index (χ2v) is 7.86. The molecular formula is C23H24Cl2N4O5. The molecule has 0 aliphatic rings. The Hall–Kier alpha value is -3.16. The van der Waals surface area contributed by atoms with Crippen LogP contribution in [0.5, 0.6) is 5.75 Å². The van der Waals surface area contributed by atoms with E-state index in [4.69, 9.17) is 36.4 Å². The van der Waals surface area contributed by atoms with Gasteiger partial charge in [-0.3, -0.25) is 4.79 Å². The molecule has 1 heterocycles. The molecule has 9 nitrogen and oxygen atoms in total. The van der Waals surface area contributed by atoms with Crippen LogP contribution in [-0.4, -0.2) is 40.0 Å². The highest BCUT2D eigenvalue weighted by molar-refractivity contribution is 6.33. The van der Waals surface area contributed by atoms with Crippen molar-refractivity contribution in [3.63, 3.8) is 0 Å². The zero-order valence-electron chi connectivity index (χ0n) is 18.5. The third-order valence-electron chi connectivity index (χ3n) is 4.53. The van der Waals surface area contributed by atoms with E-state index in [0.29, 0.717) is 33.0 Å². The number of carbonyl (C=O) groups excluding carboxylic acids is 1. The molecule has 0 fully saturated rings. The quantitative estimate of drug-likeness (QED) is 0.412. The lowest BCUT2D eigenvalue weighted by molar-refractivity contribution is -0.146. The van der Waals surface area contributed by atoms with E-state index in [-0.39, 0.29) is 49.9 Å². The van der Waals surface area contributed by atoms with Crippen LogP contribution in [0.4, 0.5) is 0 Å². The summed E-state index contributed by atoms with van der Waals surface area (Å²) in [4.78, 5) is 16.2. The monoisotopic (exact) mass is 506 g/mol. The Kier molecular flexibility index (Phi) is 9.83. The summed E-state index contributed by atoms with van der Waals surface area (Å²) in [6.07, 6.45) is 0.0611. The van der Waals surface area contributed by atoms with Crippen molar-refractivity contribution in [3.8, 4) is 34.7 Å². The van der Waals surface area contributed by atoms with Crippen LogP contribution < -0.4 is 10.5 Å². The van der Waals surface area contributed by atoms with Crippen LogP contribution in [-0.2, 0) is 16.1 Å². The number of nitrogens with two attached hydrogens (primary N) is 1. The number of nitrogens with zero attached hydrogens (tertiary/aromatic N) is 3. The highest BCUT2D eigenvalue weighted by Crippen LogP contribution is 2.31. The number of carbonyl (C=O) groups is 1. The molecule has 0 saturated carbocycles. The van der Waals surface area contributed by atoms with Crippen LogP contribution in [0.2, 0.25) is 5.02 Å². The summed E-state index contributed by atoms with van der Waals surface area (Å²) in [6, 6.07) is 11.3. The highest BCUT2D eigenvalue weighted by atomic mass is 35.5. The first-order valence-electron chi connectivity index (χ1n) is 10.2. The largest absolute Gasteiger partial charge is 0.490 e. The smallest absolute Gasteiger partial charge is 0.323 e. The molecule has 3 rings (SSSR count). The molecule has 180 valence electrons. The summed E-state index contributed by atoms with van der Waals surface area (Å²) in [6.45, 7) is 3.55. The van der Waals surface area contributed by atoms with E-state index in [9.17, 15) is 10.1 Å². The SMILES string of the molecule is CC(C)Oc1ccc(-c2nc(-c3ccc(COC(=O)[C@@H](N)CCO)cc3Cl)no2)cc1C#N.Cl. The molecule has 34 heavy (non-hydrogen) atoms. The first kappa shape index (κ1) is 27.1. The van der Waals surface area contributed by atoms with Gasteiger partial charge < -0.3 is 24.8 Å². The third-order valence-corrected chi connectivity index (χ3v) is 4.85. The lowest BCUT2D eigenvalue weighted by Gasteiger charge is -2.11. The minimum Gasteiger partial charge on any atom is -0.490 e. The van der Waals surface area contributed by atoms with Gasteiger partial charge in [-0.05, 0) is 56.2 Å². The van der Waals surface area contributed by atoms with Gasteiger partial charge >= 0.3 is 5.97 Å². The van der Waals surface area contributed by atoms with Gasteiger partial charge in [0.2, 0.25) is 5.82 Å². The van der Waals surface area contributed by atoms with E-state index in [1.807, 2.05) is 13.8 Å². The lowest BCUT2D eigenvalue weighted by Crippen LogP contribution is -2.33. The number of hydrogen-bond donors (Lipinski definition) is 2. The first-order chi connectivity index (χ1) is 15.8.